The summed E-state index contributed by atoms with van der Waals surface area (Å²) >= 11 is 0. The molecule has 1 fully saturated rings. The summed E-state index contributed by atoms with van der Waals surface area (Å²) in [7, 11) is 0. The minimum atomic E-state index is -0.0371. The van der Waals surface area contributed by atoms with E-state index in [2.05, 4.69) is 58.1 Å². The molecule has 1 aromatic carbocycles. The third-order valence-corrected chi connectivity index (χ3v) is 5.72. The molecule has 1 aliphatic rings. The number of benzene rings is 1. The molecule has 2 N–H and O–H groups in total. The Hall–Kier alpha value is -2.89. The lowest BCUT2D eigenvalue weighted by atomic mass is 9.97. The lowest BCUT2D eigenvalue weighted by Gasteiger charge is -2.31. The molecule has 3 aromatic rings. The van der Waals surface area contributed by atoms with Gasteiger partial charge in [-0.05, 0) is 56.9 Å². The monoisotopic (exact) mass is 377 g/mol. The third-order valence-electron chi connectivity index (χ3n) is 5.72. The predicted molar refractivity (Wildman–Crippen MR) is 111 cm³/mol. The minimum Gasteiger partial charge on any atom is -0.358 e. The van der Waals surface area contributed by atoms with E-state index in [0.29, 0.717) is 19.0 Å². The van der Waals surface area contributed by atoms with Gasteiger partial charge < -0.3 is 15.2 Å². The topological polar surface area (TPSA) is 73.9 Å². The van der Waals surface area contributed by atoms with E-state index in [0.717, 1.165) is 30.5 Å². The second kappa shape index (κ2) is 7.62. The number of aryl methyl sites for hydroxylation is 3. The van der Waals surface area contributed by atoms with Crippen LogP contribution in [0.4, 0.5) is 5.95 Å². The van der Waals surface area contributed by atoms with E-state index in [-0.39, 0.29) is 11.8 Å². The number of carbonyl (C=O) groups is 1. The van der Waals surface area contributed by atoms with E-state index in [9.17, 15) is 4.79 Å². The number of piperidine rings is 1. The zero-order chi connectivity index (χ0) is 19.7. The molecule has 0 bridgehead atoms. The first-order valence-electron chi connectivity index (χ1n) is 9.91. The van der Waals surface area contributed by atoms with Crippen LogP contribution < -0.4 is 10.2 Å². The first-order valence-corrected chi connectivity index (χ1v) is 9.91. The molecule has 2 aromatic heterocycles. The van der Waals surface area contributed by atoms with Gasteiger partial charge in [-0.3, -0.25) is 4.79 Å². The first kappa shape index (κ1) is 18.5. The number of hydrogen-bond donors (Lipinski definition) is 2. The molecule has 3 heterocycles. The summed E-state index contributed by atoms with van der Waals surface area (Å²) in [5.74, 6) is 0.776. The smallest absolute Gasteiger partial charge is 0.225 e. The van der Waals surface area contributed by atoms with Crippen LogP contribution in [-0.2, 0) is 11.3 Å². The maximum Gasteiger partial charge on any atom is 0.225 e. The molecular weight excluding hydrogens is 350 g/mol. The molecule has 1 atom stereocenters. The number of H-pyrrole nitrogens is 1. The summed E-state index contributed by atoms with van der Waals surface area (Å²) in [6, 6.07) is 6.17. The second-order valence-corrected chi connectivity index (χ2v) is 7.77. The van der Waals surface area contributed by atoms with Gasteiger partial charge in [-0.1, -0.05) is 11.6 Å². The summed E-state index contributed by atoms with van der Waals surface area (Å²) in [4.78, 5) is 27.1. The maximum absolute atomic E-state index is 12.9. The van der Waals surface area contributed by atoms with Gasteiger partial charge in [-0.2, -0.15) is 0 Å². The van der Waals surface area contributed by atoms with Crippen molar-refractivity contribution in [1.29, 1.82) is 0 Å². The number of aromatic nitrogens is 3. The van der Waals surface area contributed by atoms with Gasteiger partial charge in [0.1, 0.15) is 0 Å². The number of nitrogens with one attached hydrogen (secondary N) is 2. The van der Waals surface area contributed by atoms with Gasteiger partial charge in [0.25, 0.3) is 0 Å². The van der Waals surface area contributed by atoms with Crippen molar-refractivity contribution in [2.24, 2.45) is 5.92 Å². The van der Waals surface area contributed by atoms with Crippen LogP contribution in [0.15, 0.2) is 30.6 Å². The highest BCUT2D eigenvalue weighted by molar-refractivity contribution is 5.88. The van der Waals surface area contributed by atoms with Crippen LogP contribution in [0, 0.1) is 26.7 Å². The highest BCUT2D eigenvalue weighted by Crippen LogP contribution is 2.26. The van der Waals surface area contributed by atoms with Crippen molar-refractivity contribution < 1.29 is 4.79 Å². The second-order valence-electron chi connectivity index (χ2n) is 7.77. The van der Waals surface area contributed by atoms with Crippen LogP contribution in [0.1, 0.15) is 35.2 Å². The van der Waals surface area contributed by atoms with Gasteiger partial charge in [0.2, 0.25) is 11.9 Å². The highest BCUT2D eigenvalue weighted by atomic mass is 16.1. The number of hydrogen-bond acceptors (Lipinski definition) is 4. The zero-order valence-electron chi connectivity index (χ0n) is 16.7. The fourth-order valence-corrected chi connectivity index (χ4v) is 4.08. The van der Waals surface area contributed by atoms with Crippen molar-refractivity contribution in [1.82, 2.24) is 20.3 Å². The van der Waals surface area contributed by atoms with Crippen LogP contribution >= 0.6 is 0 Å². The van der Waals surface area contributed by atoms with Crippen molar-refractivity contribution >= 4 is 22.8 Å². The quantitative estimate of drug-likeness (QED) is 0.731. The van der Waals surface area contributed by atoms with Crippen LogP contribution in [0.2, 0.25) is 0 Å². The Balaban J connectivity index is 1.46. The standard InChI is InChI=1S/C22H27N5O/c1-14-10-18(20-19(11-14)15(2)16(3)26-20)12-25-21(28)17-6-4-9-27(13-17)22-23-7-5-8-24-22/h5,7-8,10-11,17,26H,4,6,9,12-13H2,1-3H3,(H,25,28)/t17-/m0/s1. The van der Waals surface area contributed by atoms with Crippen LogP contribution in [0.25, 0.3) is 10.9 Å². The molecule has 1 aliphatic heterocycles. The van der Waals surface area contributed by atoms with Gasteiger partial charge in [0.05, 0.1) is 11.4 Å². The number of fused-ring (bicyclic) bond motifs is 1. The Morgan fingerprint density at radius 1 is 1.25 bits per heavy atom. The van der Waals surface area contributed by atoms with Gasteiger partial charge in [0, 0.05) is 43.1 Å². The molecule has 0 radical (unpaired) electrons. The summed E-state index contributed by atoms with van der Waals surface area (Å²) in [5.41, 5.74) is 5.93. The molecule has 0 saturated carbocycles. The summed E-state index contributed by atoms with van der Waals surface area (Å²) < 4.78 is 0. The highest BCUT2D eigenvalue weighted by Gasteiger charge is 2.27. The lowest BCUT2D eigenvalue weighted by Crippen LogP contribution is -2.43. The molecular formula is C22H27N5O. The Morgan fingerprint density at radius 2 is 2.04 bits per heavy atom. The Morgan fingerprint density at radius 3 is 2.82 bits per heavy atom. The maximum atomic E-state index is 12.9. The van der Waals surface area contributed by atoms with Crippen LogP contribution in [0.5, 0.6) is 0 Å². The molecule has 146 valence electrons. The number of anilines is 1. The molecule has 28 heavy (non-hydrogen) atoms. The number of nitrogens with zero attached hydrogens (tertiary/aromatic N) is 3. The molecule has 0 spiro atoms. The van der Waals surface area contributed by atoms with Gasteiger partial charge in [-0.25, -0.2) is 9.97 Å². The number of aromatic amines is 1. The van der Waals surface area contributed by atoms with Gasteiger partial charge in [0.15, 0.2) is 0 Å². The summed E-state index contributed by atoms with van der Waals surface area (Å²) in [5, 5.41) is 4.40. The van der Waals surface area contributed by atoms with Crippen molar-refractivity contribution in [3.63, 3.8) is 0 Å². The number of amides is 1. The van der Waals surface area contributed by atoms with Gasteiger partial charge in [-0.15, -0.1) is 0 Å². The fraction of sp³-hybridized carbons (Fsp3) is 0.409. The molecule has 0 aliphatic carbocycles. The van der Waals surface area contributed by atoms with E-state index in [4.69, 9.17) is 0 Å². The molecule has 0 unspecified atom stereocenters. The van der Waals surface area contributed by atoms with Gasteiger partial charge >= 0.3 is 0 Å². The van der Waals surface area contributed by atoms with Crippen molar-refractivity contribution in [2.45, 2.75) is 40.2 Å². The lowest BCUT2D eigenvalue weighted by molar-refractivity contribution is -0.125. The average molecular weight is 377 g/mol. The minimum absolute atomic E-state index is 0.0371. The van der Waals surface area contributed by atoms with Crippen molar-refractivity contribution in [2.75, 3.05) is 18.0 Å². The van der Waals surface area contributed by atoms with E-state index >= 15 is 0 Å². The third kappa shape index (κ3) is 3.59. The zero-order valence-corrected chi connectivity index (χ0v) is 16.7. The fourth-order valence-electron chi connectivity index (χ4n) is 4.08. The van der Waals surface area contributed by atoms with E-state index < -0.39 is 0 Å². The first-order chi connectivity index (χ1) is 13.5. The van der Waals surface area contributed by atoms with Crippen LogP contribution in [-0.4, -0.2) is 33.9 Å². The molecule has 6 nitrogen and oxygen atoms in total. The molecule has 4 rings (SSSR count). The van der Waals surface area contributed by atoms with E-state index in [1.165, 1.54) is 22.2 Å². The molecule has 6 heteroatoms. The predicted octanol–water partition coefficient (Wildman–Crippen LogP) is 3.42. The Labute approximate surface area is 165 Å². The Bertz CT molecular complexity index is 995. The molecule has 1 saturated heterocycles. The number of rotatable bonds is 4. The summed E-state index contributed by atoms with van der Waals surface area (Å²) in [6.45, 7) is 8.43. The Kier molecular flexibility index (Phi) is 5.03. The van der Waals surface area contributed by atoms with Crippen molar-refractivity contribution in [3.05, 3.63) is 53.0 Å². The summed E-state index contributed by atoms with van der Waals surface area (Å²) in [6.07, 6.45) is 5.36. The van der Waals surface area contributed by atoms with E-state index in [1.54, 1.807) is 12.4 Å². The number of carbonyl (C=O) groups excluding carboxylic acids is 1. The van der Waals surface area contributed by atoms with Crippen molar-refractivity contribution in [3.8, 4) is 0 Å². The SMILES string of the molecule is Cc1cc(CNC(=O)[C@H]2CCCN(c3ncccn3)C2)c2[nH]c(C)c(C)c2c1. The largest absolute Gasteiger partial charge is 0.358 e. The van der Waals surface area contributed by atoms with E-state index in [1.807, 2.05) is 6.07 Å². The average Bonchev–Trinajstić information content (AvgIpc) is 3.01. The molecule has 1 amide bonds. The normalized spacial score (nSPS) is 17.1. The van der Waals surface area contributed by atoms with Crippen LogP contribution in [0.3, 0.4) is 0 Å².